The maximum absolute atomic E-state index is 12.6. The summed E-state index contributed by atoms with van der Waals surface area (Å²) in [4.78, 5) is 12.6. The molecule has 1 aromatic heterocycles. The van der Waals surface area contributed by atoms with Crippen LogP contribution in [-0.4, -0.2) is 36.1 Å². The third kappa shape index (κ3) is 3.45. The zero-order valence-electron chi connectivity index (χ0n) is 13.8. The summed E-state index contributed by atoms with van der Waals surface area (Å²) in [5.74, 6) is -0.540. The number of ether oxygens (including phenoxy) is 2. The van der Waals surface area contributed by atoms with Gasteiger partial charge in [-0.1, -0.05) is 28.9 Å². The molecule has 128 valence electrons. The van der Waals surface area contributed by atoms with E-state index in [0.717, 1.165) is 0 Å². The molecule has 0 radical (unpaired) electrons. The van der Waals surface area contributed by atoms with Crippen LogP contribution in [-0.2, 0) is 9.47 Å². The Balaban J connectivity index is 1.76. The van der Waals surface area contributed by atoms with Crippen molar-refractivity contribution in [3.63, 3.8) is 0 Å². The first-order valence-corrected chi connectivity index (χ1v) is 8.06. The Morgan fingerprint density at radius 1 is 1.42 bits per heavy atom. The van der Waals surface area contributed by atoms with Gasteiger partial charge in [-0.25, -0.2) is 0 Å². The molecule has 2 heterocycles. The first-order valence-electron chi connectivity index (χ1n) is 7.68. The van der Waals surface area contributed by atoms with E-state index in [4.69, 9.17) is 25.6 Å². The summed E-state index contributed by atoms with van der Waals surface area (Å²) in [5, 5.41) is 7.25. The van der Waals surface area contributed by atoms with Crippen LogP contribution >= 0.6 is 11.6 Å². The van der Waals surface area contributed by atoms with Crippen LogP contribution in [0.4, 0.5) is 0 Å². The number of aryl methyl sites for hydroxylation is 1. The van der Waals surface area contributed by atoms with Crippen LogP contribution in [0.3, 0.4) is 0 Å². The molecule has 0 spiro atoms. The van der Waals surface area contributed by atoms with Crippen molar-refractivity contribution in [3.05, 3.63) is 40.5 Å². The molecule has 6 nitrogen and oxygen atoms in total. The summed E-state index contributed by atoms with van der Waals surface area (Å²) in [6.45, 7) is 6.18. The molecule has 1 aliphatic rings. The first-order chi connectivity index (χ1) is 11.4. The molecule has 1 atom stereocenters. The maximum atomic E-state index is 12.6. The molecule has 3 rings (SSSR count). The van der Waals surface area contributed by atoms with Gasteiger partial charge in [0.05, 0.1) is 17.3 Å². The predicted octanol–water partition coefficient (Wildman–Crippen LogP) is 3.18. The predicted molar refractivity (Wildman–Crippen MR) is 88.9 cm³/mol. The van der Waals surface area contributed by atoms with Crippen LogP contribution in [0.5, 0.6) is 0 Å². The topological polar surface area (TPSA) is 73.6 Å². The number of nitrogens with one attached hydrogen (secondary N) is 1. The van der Waals surface area contributed by atoms with E-state index in [1.807, 2.05) is 26.0 Å². The van der Waals surface area contributed by atoms with Crippen molar-refractivity contribution in [1.82, 2.24) is 10.5 Å². The Hall–Kier alpha value is -1.89. The molecule has 1 unspecified atom stereocenters. The summed E-state index contributed by atoms with van der Waals surface area (Å²) < 4.78 is 16.5. The average Bonchev–Trinajstić information content (AvgIpc) is 3.08. The van der Waals surface area contributed by atoms with Gasteiger partial charge in [0.15, 0.2) is 11.5 Å². The van der Waals surface area contributed by atoms with E-state index >= 15 is 0 Å². The molecular weight excluding hydrogens is 332 g/mol. The van der Waals surface area contributed by atoms with E-state index in [9.17, 15) is 4.79 Å². The number of hydrogen-bond acceptors (Lipinski definition) is 5. The molecule has 0 aliphatic carbocycles. The summed E-state index contributed by atoms with van der Waals surface area (Å²) in [7, 11) is 0. The molecule has 2 aromatic rings. The standard InChI is InChI=1S/C17H19ClN2O4/c1-10-14(15(24-20-10)12-6-4-5-7-13(12)18)16(21)19-8-11-9-22-17(2,3)23-11/h4-7,11H,8-9H2,1-3H3,(H,19,21). The average molecular weight is 351 g/mol. The van der Waals surface area contributed by atoms with E-state index in [2.05, 4.69) is 10.5 Å². The molecule has 1 N–H and O–H groups in total. The molecule has 24 heavy (non-hydrogen) atoms. The summed E-state index contributed by atoms with van der Waals surface area (Å²) >= 11 is 6.20. The highest BCUT2D eigenvalue weighted by molar-refractivity contribution is 6.33. The number of halogens is 1. The van der Waals surface area contributed by atoms with Crippen LogP contribution in [0, 0.1) is 6.92 Å². The quantitative estimate of drug-likeness (QED) is 0.916. The van der Waals surface area contributed by atoms with Crippen LogP contribution < -0.4 is 5.32 Å². The number of rotatable bonds is 4. The summed E-state index contributed by atoms with van der Waals surface area (Å²) in [6.07, 6.45) is -0.187. The van der Waals surface area contributed by atoms with E-state index in [1.54, 1.807) is 19.1 Å². The highest BCUT2D eigenvalue weighted by atomic mass is 35.5. The Labute approximate surface area is 145 Å². The van der Waals surface area contributed by atoms with Crippen molar-refractivity contribution in [2.24, 2.45) is 0 Å². The fourth-order valence-corrected chi connectivity index (χ4v) is 2.85. The molecule has 1 aromatic carbocycles. The van der Waals surface area contributed by atoms with Crippen LogP contribution in [0.25, 0.3) is 11.3 Å². The van der Waals surface area contributed by atoms with Gasteiger partial charge in [0.1, 0.15) is 11.7 Å². The number of amides is 1. The number of carbonyl (C=O) groups is 1. The number of benzene rings is 1. The van der Waals surface area contributed by atoms with Crippen molar-refractivity contribution in [1.29, 1.82) is 0 Å². The molecular formula is C17H19ClN2O4. The minimum atomic E-state index is -0.620. The van der Waals surface area contributed by atoms with Gasteiger partial charge >= 0.3 is 0 Å². The second-order valence-electron chi connectivity index (χ2n) is 6.11. The van der Waals surface area contributed by atoms with Crippen molar-refractivity contribution >= 4 is 17.5 Å². The normalized spacial score (nSPS) is 19.4. The van der Waals surface area contributed by atoms with Gasteiger partial charge in [-0.15, -0.1) is 0 Å². The van der Waals surface area contributed by atoms with Gasteiger partial charge < -0.3 is 19.3 Å². The second-order valence-corrected chi connectivity index (χ2v) is 6.52. The summed E-state index contributed by atoms with van der Waals surface area (Å²) in [5.41, 5.74) is 1.51. The van der Waals surface area contributed by atoms with Gasteiger partial charge in [0.2, 0.25) is 0 Å². The number of hydrogen-bond donors (Lipinski definition) is 1. The van der Waals surface area contributed by atoms with E-state index in [1.165, 1.54) is 0 Å². The van der Waals surface area contributed by atoms with Gasteiger partial charge in [0.25, 0.3) is 5.91 Å². The van der Waals surface area contributed by atoms with E-state index < -0.39 is 5.79 Å². The van der Waals surface area contributed by atoms with Crippen LogP contribution in [0.1, 0.15) is 29.9 Å². The fourth-order valence-electron chi connectivity index (χ4n) is 2.62. The highest BCUT2D eigenvalue weighted by Gasteiger charge is 2.33. The lowest BCUT2D eigenvalue weighted by Crippen LogP contribution is -2.34. The Morgan fingerprint density at radius 2 is 2.17 bits per heavy atom. The lowest BCUT2D eigenvalue weighted by atomic mass is 10.1. The Kier molecular flexibility index (Phi) is 4.62. The highest BCUT2D eigenvalue weighted by Crippen LogP contribution is 2.31. The zero-order chi connectivity index (χ0) is 17.3. The SMILES string of the molecule is Cc1noc(-c2ccccc2Cl)c1C(=O)NCC1COC(C)(C)O1. The lowest BCUT2D eigenvalue weighted by molar-refractivity contribution is -0.137. The third-order valence-corrected chi connectivity index (χ3v) is 4.10. The minimum absolute atomic E-state index is 0.187. The fraction of sp³-hybridized carbons (Fsp3) is 0.412. The van der Waals surface area contributed by atoms with E-state index in [-0.39, 0.29) is 12.0 Å². The second kappa shape index (κ2) is 6.55. The Morgan fingerprint density at radius 3 is 2.83 bits per heavy atom. The monoisotopic (exact) mass is 350 g/mol. The maximum Gasteiger partial charge on any atom is 0.257 e. The van der Waals surface area contributed by atoms with Gasteiger partial charge in [-0.2, -0.15) is 0 Å². The number of aromatic nitrogens is 1. The van der Waals surface area contributed by atoms with Crippen molar-refractivity contribution in [3.8, 4) is 11.3 Å². The largest absolute Gasteiger partial charge is 0.355 e. The van der Waals surface area contributed by atoms with Gasteiger partial charge in [0, 0.05) is 12.1 Å². The molecule has 1 aliphatic heterocycles. The molecule has 1 amide bonds. The van der Waals surface area contributed by atoms with Crippen LogP contribution in [0.2, 0.25) is 5.02 Å². The van der Waals surface area contributed by atoms with E-state index in [0.29, 0.717) is 40.8 Å². The third-order valence-electron chi connectivity index (χ3n) is 3.77. The van der Waals surface area contributed by atoms with Crippen LogP contribution in [0.15, 0.2) is 28.8 Å². The minimum Gasteiger partial charge on any atom is -0.355 e. The first kappa shape index (κ1) is 17.0. The number of carbonyl (C=O) groups excluding carboxylic acids is 1. The molecule has 0 bridgehead atoms. The summed E-state index contributed by atoms with van der Waals surface area (Å²) in [6, 6.07) is 7.16. The smallest absolute Gasteiger partial charge is 0.257 e. The molecule has 1 saturated heterocycles. The molecule has 0 saturated carbocycles. The lowest BCUT2D eigenvalue weighted by Gasteiger charge is -2.17. The van der Waals surface area contributed by atoms with Crippen molar-refractivity contribution in [2.75, 3.05) is 13.2 Å². The van der Waals surface area contributed by atoms with Crippen molar-refractivity contribution < 1.29 is 18.8 Å². The Bertz CT molecular complexity index is 757. The van der Waals surface area contributed by atoms with Gasteiger partial charge in [-0.05, 0) is 32.9 Å². The van der Waals surface area contributed by atoms with Gasteiger partial charge in [-0.3, -0.25) is 4.79 Å². The molecule has 7 heteroatoms. The number of nitrogens with zero attached hydrogens (tertiary/aromatic N) is 1. The molecule has 1 fully saturated rings. The zero-order valence-corrected chi connectivity index (χ0v) is 14.5. The van der Waals surface area contributed by atoms with Crippen molar-refractivity contribution in [2.45, 2.75) is 32.7 Å².